The van der Waals surface area contributed by atoms with Crippen LogP contribution in [0.2, 0.25) is 0 Å². The van der Waals surface area contributed by atoms with E-state index in [4.69, 9.17) is 4.74 Å². The molecule has 0 unspecified atom stereocenters. The van der Waals surface area contributed by atoms with Crippen molar-refractivity contribution >= 4 is 23.9 Å². The van der Waals surface area contributed by atoms with Crippen LogP contribution in [0.3, 0.4) is 0 Å². The van der Waals surface area contributed by atoms with Crippen LogP contribution in [0.4, 0.5) is 0 Å². The molecule has 0 aliphatic heterocycles. The molecule has 1 aromatic heterocycles. The lowest BCUT2D eigenvalue weighted by Crippen LogP contribution is -2.20. The van der Waals surface area contributed by atoms with Gasteiger partial charge in [-0.2, -0.15) is 5.10 Å². The van der Waals surface area contributed by atoms with Gasteiger partial charge in [-0.25, -0.2) is 5.43 Å². The fourth-order valence-electron chi connectivity index (χ4n) is 3.60. The second-order valence-electron chi connectivity index (χ2n) is 9.32. The smallest absolute Gasteiger partial charge is 0.250 e. The number of para-hydroxylation sites is 1. The van der Waals surface area contributed by atoms with Crippen LogP contribution in [0.5, 0.6) is 11.5 Å². The Hall–Kier alpha value is -4.11. The van der Waals surface area contributed by atoms with Crippen molar-refractivity contribution in [3.8, 4) is 28.6 Å². The quantitative estimate of drug-likeness (QED) is 0.190. The second-order valence-corrected chi connectivity index (χ2v) is 10.3. The average molecular weight is 516 g/mol. The van der Waals surface area contributed by atoms with Crippen LogP contribution in [-0.4, -0.2) is 44.9 Å². The van der Waals surface area contributed by atoms with Crippen molar-refractivity contribution in [2.24, 2.45) is 5.10 Å². The van der Waals surface area contributed by atoms with E-state index in [0.29, 0.717) is 22.3 Å². The highest BCUT2D eigenvalue weighted by Gasteiger charge is 2.19. The highest BCUT2D eigenvalue weighted by molar-refractivity contribution is 7.99. The molecule has 2 N–H and O–H groups in total. The zero-order chi connectivity index (χ0) is 26.4. The number of aromatic hydroxyl groups is 1. The summed E-state index contributed by atoms with van der Waals surface area (Å²) in [6, 6.07) is 23.0. The molecule has 0 atom stereocenters. The molecule has 0 bridgehead atoms. The van der Waals surface area contributed by atoms with Gasteiger partial charge < -0.3 is 9.84 Å². The number of hydrazone groups is 1. The predicted molar refractivity (Wildman–Crippen MR) is 147 cm³/mol. The Morgan fingerprint density at radius 2 is 1.81 bits per heavy atom. The van der Waals surface area contributed by atoms with E-state index in [9.17, 15) is 9.90 Å². The summed E-state index contributed by atoms with van der Waals surface area (Å²) >= 11 is 1.28. The van der Waals surface area contributed by atoms with E-state index in [1.807, 2.05) is 34.9 Å². The standard InChI is InChI=1S/C28H29N5O3S/c1-28(2,3)21-13-11-20(12-14-21)26-31-32-27(33(26)22-8-6-5-7-9-22)37-18-25(35)30-29-17-19-10-15-23(34)24(16-19)36-4/h5-17,34H,18H2,1-4H3,(H,30,35)/b29-17+. The highest BCUT2D eigenvalue weighted by atomic mass is 32.2. The highest BCUT2D eigenvalue weighted by Crippen LogP contribution is 2.30. The van der Waals surface area contributed by atoms with Crippen LogP contribution < -0.4 is 10.2 Å². The number of carbonyl (C=O) groups is 1. The number of methoxy groups -OCH3 is 1. The molecule has 9 heteroatoms. The largest absolute Gasteiger partial charge is 0.504 e. The lowest BCUT2D eigenvalue weighted by Gasteiger charge is -2.19. The molecule has 8 nitrogen and oxygen atoms in total. The molecule has 0 aliphatic carbocycles. The van der Waals surface area contributed by atoms with Crippen LogP contribution >= 0.6 is 11.8 Å². The minimum Gasteiger partial charge on any atom is -0.504 e. The Morgan fingerprint density at radius 3 is 2.49 bits per heavy atom. The lowest BCUT2D eigenvalue weighted by molar-refractivity contribution is -0.118. The summed E-state index contributed by atoms with van der Waals surface area (Å²) in [7, 11) is 1.47. The van der Waals surface area contributed by atoms with Crippen molar-refractivity contribution < 1.29 is 14.6 Å². The molecule has 1 heterocycles. The fourth-order valence-corrected chi connectivity index (χ4v) is 4.34. The Bertz CT molecular complexity index is 1390. The Balaban J connectivity index is 1.50. The number of aromatic nitrogens is 3. The van der Waals surface area contributed by atoms with Gasteiger partial charge in [0.15, 0.2) is 22.5 Å². The van der Waals surface area contributed by atoms with Gasteiger partial charge in [-0.1, -0.05) is 75.0 Å². The molecule has 190 valence electrons. The first-order valence-electron chi connectivity index (χ1n) is 11.7. The summed E-state index contributed by atoms with van der Waals surface area (Å²) in [6.07, 6.45) is 1.48. The third kappa shape index (κ3) is 6.37. The minimum atomic E-state index is -0.286. The van der Waals surface area contributed by atoms with Crippen LogP contribution in [0.15, 0.2) is 83.1 Å². The number of nitrogens with zero attached hydrogens (tertiary/aromatic N) is 4. The summed E-state index contributed by atoms with van der Waals surface area (Å²) in [4.78, 5) is 12.5. The molecule has 3 aromatic carbocycles. The molecule has 0 saturated carbocycles. The first-order chi connectivity index (χ1) is 17.8. The molecular formula is C28H29N5O3S. The number of nitrogens with one attached hydrogen (secondary N) is 1. The number of phenols is 1. The van der Waals surface area contributed by atoms with E-state index < -0.39 is 0 Å². The Labute approximate surface area is 220 Å². The summed E-state index contributed by atoms with van der Waals surface area (Å²) in [6.45, 7) is 6.54. The van der Waals surface area contributed by atoms with E-state index >= 15 is 0 Å². The zero-order valence-electron chi connectivity index (χ0n) is 21.2. The molecule has 0 fully saturated rings. The predicted octanol–water partition coefficient (Wildman–Crippen LogP) is 5.19. The van der Waals surface area contributed by atoms with E-state index in [1.54, 1.807) is 12.1 Å². The van der Waals surface area contributed by atoms with Gasteiger partial charge in [-0.15, -0.1) is 10.2 Å². The lowest BCUT2D eigenvalue weighted by atomic mass is 9.87. The molecule has 0 spiro atoms. The first kappa shape index (κ1) is 26.0. The van der Waals surface area contributed by atoms with Gasteiger partial charge in [0.1, 0.15) is 0 Å². The molecule has 0 aliphatic rings. The molecule has 0 radical (unpaired) electrons. The fraction of sp³-hybridized carbons (Fsp3) is 0.214. The molecule has 0 saturated heterocycles. The van der Waals surface area contributed by atoms with Gasteiger partial charge >= 0.3 is 0 Å². The Morgan fingerprint density at radius 1 is 1.08 bits per heavy atom. The van der Waals surface area contributed by atoms with E-state index in [0.717, 1.165) is 11.3 Å². The van der Waals surface area contributed by atoms with Gasteiger partial charge in [0.25, 0.3) is 5.91 Å². The van der Waals surface area contributed by atoms with Gasteiger partial charge in [0.05, 0.1) is 19.1 Å². The van der Waals surface area contributed by atoms with Crippen molar-refractivity contribution in [2.75, 3.05) is 12.9 Å². The van der Waals surface area contributed by atoms with Gasteiger partial charge in [-0.3, -0.25) is 9.36 Å². The van der Waals surface area contributed by atoms with Crippen molar-refractivity contribution in [3.05, 3.63) is 83.9 Å². The molecule has 4 rings (SSSR count). The zero-order valence-corrected chi connectivity index (χ0v) is 22.0. The number of hydrogen-bond acceptors (Lipinski definition) is 7. The SMILES string of the molecule is COc1cc(/C=N/NC(=O)CSc2nnc(-c3ccc(C(C)(C)C)cc3)n2-c2ccccc2)ccc1O. The Kier molecular flexibility index (Phi) is 7.93. The first-order valence-corrected chi connectivity index (χ1v) is 12.7. The normalized spacial score (nSPS) is 11.6. The number of carbonyl (C=O) groups excluding carboxylic acids is 1. The third-order valence-electron chi connectivity index (χ3n) is 5.60. The summed E-state index contributed by atoms with van der Waals surface area (Å²) in [5.74, 6) is 0.881. The minimum absolute atomic E-state index is 0.0344. The molecule has 1 amide bonds. The van der Waals surface area contributed by atoms with Crippen LogP contribution in [0, 0.1) is 0 Å². The van der Waals surface area contributed by atoms with Crippen LogP contribution in [-0.2, 0) is 10.2 Å². The van der Waals surface area contributed by atoms with Gasteiger partial charge in [-0.05, 0) is 46.9 Å². The van der Waals surface area contributed by atoms with Crippen molar-refractivity contribution in [3.63, 3.8) is 0 Å². The van der Waals surface area contributed by atoms with E-state index in [2.05, 4.69) is 65.8 Å². The third-order valence-corrected chi connectivity index (χ3v) is 6.52. The molecule has 4 aromatic rings. The molecule has 37 heavy (non-hydrogen) atoms. The van der Waals surface area contributed by atoms with Crippen molar-refractivity contribution in [1.82, 2.24) is 20.2 Å². The number of phenolic OH excluding ortho intramolecular Hbond substituents is 1. The summed E-state index contributed by atoms with van der Waals surface area (Å²) < 4.78 is 7.04. The van der Waals surface area contributed by atoms with Crippen molar-refractivity contribution in [1.29, 1.82) is 0 Å². The number of amides is 1. The maximum atomic E-state index is 12.5. The van der Waals surface area contributed by atoms with Gasteiger partial charge in [0.2, 0.25) is 0 Å². The second kappa shape index (κ2) is 11.3. The van der Waals surface area contributed by atoms with E-state index in [-0.39, 0.29) is 22.8 Å². The van der Waals surface area contributed by atoms with Crippen LogP contribution in [0.1, 0.15) is 31.9 Å². The number of benzene rings is 3. The summed E-state index contributed by atoms with van der Waals surface area (Å²) in [5, 5.41) is 23.1. The number of hydrogen-bond donors (Lipinski definition) is 2. The van der Waals surface area contributed by atoms with E-state index in [1.165, 1.54) is 36.7 Å². The van der Waals surface area contributed by atoms with Crippen LogP contribution in [0.25, 0.3) is 17.1 Å². The number of thioether (sulfide) groups is 1. The van der Waals surface area contributed by atoms with Gasteiger partial charge in [0, 0.05) is 11.3 Å². The van der Waals surface area contributed by atoms with Crippen molar-refractivity contribution in [2.45, 2.75) is 31.3 Å². The maximum Gasteiger partial charge on any atom is 0.250 e. The number of rotatable bonds is 8. The summed E-state index contributed by atoms with van der Waals surface area (Å²) in [5.41, 5.74) is 6.33. The average Bonchev–Trinajstić information content (AvgIpc) is 3.32. The molecular weight excluding hydrogens is 486 g/mol. The number of ether oxygens (including phenoxy) is 1. The monoisotopic (exact) mass is 515 g/mol. The topological polar surface area (TPSA) is 102 Å². The maximum absolute atomic E-state index is 12.5.